The van der Waals surface area contributed by atoms with E-state index >= 15 is 0 Å². The Hall–Kier alpha value is -1.07. The summed E-state index contributed by atoms with van der Waals surface area (Å²) in [6.07, 6.45) is 5.03. The van der Waals surface area contributed by atoms with Crippen molar-refractivity contribution in [1.82, 2.24) is 15.2 Å². The highest BCUT2D eigenvalue weighted by atomic mass is 35.5. The molecule has 0 bridgehead atoms. The van der Waals surface area contributed by atoms with E-state index in [4.69, 9.17) is 11.6 Å². The minimum atomic E-state index is 0.668. The van der Waals surface area contributed by atoms with Crippen molar-refractivity contribution in [2.45, 2.75) is 0 Å². The molecule has 0 saturated carbocycles. The maximum atomic E-state index is 5.69. The van der Waals surface area contributed by atoms with Crippen molar-refractivity contribution >= 4 is 33.8 Å². The highest BCUT2D eigenvalue weighted by Crippen LogP contribution is 2.24. The van der Waals surface area contributed by atoms with E-state index in [0.29, 0.717) is 4.34 Å². The number of anilines is 2. The van der Waals surface area contributed by atoms with Crippen molar-refractivity contribution in [2.75, 3.05) is 5.32 Å². The van der Waals surface area contributed by atoms with Gasteiger partial charge in [0.2, 0.25) is 0 Å². The molecule has 2 aromatic heterocycles. The van der Waals surface area contributed by atoms with Crippen molar-refractivity contribution in [3.8, 4) is 0 Å². The zero-order chi connectivity index (χ0) is 8.39. The largest absolute Gasteiger partial charge is 0.329 e. The average Bonchev–Trinajstić information content (AvgIpc) is 2.63. The molecule has 0 amide bonds. The number of H-pyrrole nitrogens is 1. The molecular weight excluding hydrogens is 196 g/mol. The maximum Gasteiger partial charge on any atom is 0.188 e. The molecule has 6 heteroatoms. The minimum Gasteiger partial charge on any atom is -0.329 e. The number of hydrogen-bond acceptors (Lipinski definition) is 4. The number of hydrogen-bond donors (Lipinski definition) is 2. The second-order valence-electron chi connectivity index (χ2n) is 2.08. The van der Waals surface area contributed by atoms with Gasteiger partial charge in [0.1, 0.15) is 4.34 Å². The molecule has 4 nitrogen and oxygen atoms in total. The Morgan fingerprint density at radius 3 is 3.00 bits per heavy atom. The highest BCUT2D eigenvalue weighted by Gasteiger charge is 1.99. The molecule has 12 heavy (non-hydrogen) atoms. The van der Waals surface area contributed by atoms with Gasteiger partial charge in [-0.2, -0.15) is 5.10 Å². The summed E-state index contributed by atoms with van der Waals surface area (Å²) >= 11 is 7.08. The summed E-state index contributed by atoms with van der Waals surface area (Å²) < 4.78 is 0.668. The molecule has 62 valence electrons. The maximum absolute atomic E-state index is 5.69. The minimum absolute atomic E-state index is 0.668. The number of aromatic nitrogens is 3. The fourth-order valence-electron chi connectivity index (χ4n) is 0.755. The molecule has 0 aliphatic rings. The van der Waals surface area contributed by atoms with Gasteiger partial charge in [-0.15, -0.1) is 0 Å². The fraction of sp³-hybridized carbons (Fsp3) is 0. The zero-order valence-corrected chi connectivity index (χ0v) is 7.49. The Labute approximate surface area is 77.6 Å². The topological polar surface area (TPSA) is 53.6 Å². The number of halogens is 1. The van der Waals surface area contributed by atoms with Crippen LogP contribution < -0.4 is 5.32 Å². The monoisotopic (exact) mass is 200 g/mol. The Kier molecular flexibility index (Phi) is 1.97. The molecular formula is C6H5ClN4S. The van der Waals surface area contributed by atoms with E-state index in [9.17, 15) is 0 Å². The summed E-state index contributed by atoms with van der Waals surface area (Å²) in [5.74, 6) is 0. The number of thiazole rings is 1. The van der Waals surface area contributed by atoms with Crippen molar-refractivity contribution < 1.29 is 0 Å². The molecule has 0 aliphatic carbocycles. The first kappa shape index (κ1) is 7.57. The van der Waals surface area contributed by atoms with E-state index in [0.717, 1.165) is 10.8 Å². The molecule has 0 aliphatic heterocycles. The van der Waals surface area contributed by atoms with Crippen molar-refractivity contribution in [3.63, 3.8) is 0 Å². The Bertz CT molecular complexity index is 355. The van der Waals surface area contributed by atoms with E-state index in [1.807, 2.05) is 0 Å². The fourth-order valence-corrected chi connectivity index (χ4v) is 1.59. The third kappa shape index (κ3) is 1.57. The van der Waals surface area contributed by atoms with Crippen molar-refractivity contribution in [2.24, 2.45) is 0 Å². The smallest absolute Gasteiger partial charge is 0.188 e. The second-order valence-corrected chi connectivity index (χ2v) is 3.74. The molecule has 0 saturated heterocycles. The van der Waals surface area contributed by atoms with Gasteiger partial charge < -0.3 is 5.32 Å². The van der Waals surface area contributed by atoms with Crippen LogP contribution in [0.2, 0.25) is 4.34 Å². The standard InChI is InChI=1S/C6H5ClN4S/c7-5-3-8-6(12-5)11-4-1-9-10-2-4/h1-3H,(H,8,11)(H,9,10). The van der Waals surface area contributed by atoms with E-state index in [2.05, 4.69) is 20.5 Å². The van der Waals surface area contributed by atoms with E-state index in [1.54, 1.807) is 18.6 Å². The van der Waals surface area contributed by atoms with Crippen LogP contribution in [0.3, 0.4) is 0 Å². The van der Waals surface area contributed by atoms with Gasteiger partial charge in [-0.3, -0.25) is 5.10 Å². The van der Waals surface area contributed by atoms with Gasteiger partial charge in [0.25, 0.3) is 0 Å². The Morgan fingerprint density at radius 1 is 1.50 bits per heavy atom. The lowest BCUT2D eigenvalue weighted by Gasteiger charge is -1.94. The van der Waals surface area contributed by atoms with E-state index in [1.165, 1.54) is 11.3 Å². The van der Waals surface area contributed by atoms with Crippen molar-refractivity contribution in [3.05, 3.63) is 22.9 Å². The van der Waals surface area contributed by atoms with Gasteiger partial charge in [-0.1, -0.05) is 22.9 Å². The van der Waals surface area contributed by atoms with Crippen molar-refractivity contribution in [1.29, 1.82) is 0 Å². The predicted molar refractivity (Wildman–Crippen MR) is 49.0 cm³/mol. The number of rotatable bonds is 2. The third-order valence-electron chi connectivity index (χ3n) is 1.23. The predicted octanol–water partition coefficient (Wildman–Crippen LogP) is 2.26. The molecule has 2 rings (SSSR count). The van der Waals surface area contributed by atoms with E-state index < -0.39 is 0 Å². The molecule has 0 atom stereocenters. The summed E-state index contributed by atoms with van der Waals surface area (Å²) in [4.78, 5) is 4.02. The number of nitrogens with zero attached hydrogens (tertiary/aromatic N) is 2. The summed E-state index contributed by atoms with van der Waals surface area (Å²) in [7, 11) is 0. The van der Waals surface area contributed by atoms with Gasteiger partial charge >= 0.3 is 0 Å². The van der Waals surface area contributed by atoms with Gasteiger partial charge in [0, 0.05) is 6.20 Å². The van der Waals surface area contributed by atoms with Gasteiger partial charge in [-0.05, 0) is 0 Å². The number of nitrogens with one attached hydrogen (secondary N) is 2. The van der Waals surface area contributed by atoms with Gasteiger partial charge in [0.05, 0.1) is 18.1 Å². The quantitative estimate of drug-likeness (QED) is 0.782. The van der Waals surface area contributed by atoms with Crippen LogP contribution >= 0.6 is 22.9 Å². The van der Waals surface area contributed by atoms with E-state index in [-0.39, 0.29) is 0 Å². The lowest BCUT2D eigenvalue weighted by molar-refractivity contribution is 1.09. The molecule has 2 aromatic rings. The van der Waals surface area contributed by atoms with Crippen LogP contribution in [0.25, 0.3) is 0 Å². The molecule has 0 radical (unpaired) electrons. The SMILES string of the molecule is Clc1cnc(Nc2cn[nH]c2)s1. The highest BCUT2D eigenvalue weighted by molar-refractivity contribution is 7.19. The van der Waals surface area contributed by atoms with Gasteiger partial charge in [0.15, 0.2) is 5.13 Å². The first-order valence-corrected chi connectivity index (χ1v) is 4.41. The average molecular weight is 201 g/mol. The van der Waals surface area contributed by atoms with Crippen LogP contribution in [0.1, 0.15) is 0 Å². The van der Waals surface area contributed by atoms with Crippen LogP contribution in [0.5, 0.6) is 0 Å². The van der Waals surface area contributed by atoms with Gasteiger partial charge in [-0.25, -0.2) is 4.98 Å². The lowest BCUT2D eigenvalue weighted by Crippen LogP contribution is -1.85. The lowest BCUT2D eigenvalue weighted by atomic mass is 10.6. The van der Waals surface area contributed by atoms with Crippen LogP contribution in [-0.2, 0) is 0 Å². The molecule has 0 aromatic carbocycles. The second kappa shape index (κ2) is 3.12. The normalized spacial score (nSPS) is 10.1. The molecule has 0 unspecified atom stereocenters. The summed E-state index contributed by atoms with van der Waals surface area (Å²) in [6, 6.07) is 0. The molecule has 0 spiro atoms. The Balaban J connectivity index is 2.14. The summed E-state index contributed by atoms with van der Waals surface area (Å²) in [6.45, 7) is 0. The van der Waals surface area contributed by atoms with Crippen LogP contribution in [0.4, 0.5) is 10.8 Å². The Morgan fingerprint density at radius 2 is 2.42 bits per heavy atom. The van der Waals surface area contributed by atoms with Crippen LogP contribution in [-0.4, -0.2) is 15.2 Å². The first-order valence-electron chi connectivity index (χ1n) is 3.22. The van der Waals surface area contributed by atoms with Crippen LogP contribution in [0, 0.1) is 0 Å². The molecule has 0 fully saturated rings. The molecule has 2 N–H and O–H groups in total. The number of aromatic amines is 1. The molecule has 2 heterocycles. The first-order chi connectivity index (χ1) is 5.84. The zero-order valence-electron chi connectivity index (χ0n) is 5.91. The summed E-state index contributed by atoms with van der Waals surface area (Å²) in [5.41, 5.74) is 0.876. The van der Waals surface area contributed by atoms with Crippen LogP contribution in [0.15, 0.2) is 18.6 Å². The third-order valence-corrected chi connectivity index (χ3v) is 2.26. The summed E-state index contributed by atoms with van der Waals surface area (Å²) in [5, 5.41) is 10.3.